The summed E-state index contributed by atoms with van der Waals surface area (Å²) >= 11 is 0. The number of nitrogens with two attached hydrogens (primary N) is 1. The largest absolute Gasteiger partial charge is 0.497 e. The highest BCUT2D eigenvalue weighted by atomic mass is 127. The van der Waals surface area contributed by atoms with Crippen LogP contribution in [0, 0.1) is 6.92 Å². The van der Waals surface area contributed by atoms with Crippen LogP contribution in [0.3, 0.4) is 0 Å². The van der Waals surface area contributed by atoms with Crippen molar-refractivity contribution in [2.45, 2.75) is 13.3 Å². The van der Waals surface area contributed by atoms with Gasteiger partial charge in [-0.25, -0.2) is 0 Å². The highest BCUT2D eigenvalue weighted by Crippen LogP contribution is 2.18. The van der Waals surface area contributed by atoms with Crippen LogP contribution in [0.25, 0.3) is 0 Å². The van der Waals surface area contributed by atoms with Crippen molar-refractivity contribution < 1.29 is 4.74 Å². The summed E-state index contributed by atoms with van der Waals surface area (Å²) in [5.41, 5.74) is 9.52. The van der Waals surface area contributed by atoms with Gasteiger partial charge in [0.15, 0.2) is 5.96 Å². The molecule has 6 nitrogen and oxygen atoms in total. The molecule has 1 heterocycles. The number of aryl methyl sites for hydroxylation is 1. The van der Waals surface area contributed by atoms with E-state index >= 15 is 0 Å². The molecule has 0 bridgehead atoms. The Labute approximate surface area is 191 Å². The Morgan fingerprint density at radius 1 is 1.10 bits per heavy atom. The second kappa shape index (κ2) is 11.9. The smallest absolute Gasteiger partial charge is 0.193 e. The maximum atomic E-state index is 5.99. The zero-order valence-corrected chi connectivity index (χ0v) is 19.6. The van der Waals surface area contributed by atoms with E-state index in [2.05, 4.69) is 51.3 Å². The molecule has 0 aliphatic carbocycles. The summed E-state index contributed by atoms with van der Waals surface area (Å²) in [7, 11) is 1.65. The van der Waals surface area contributed by atoms with E-state index in [0.717, 1.165) is 57.1 Å². The molecule has 1 saturated heterocycles. The van der Waals surface area contributed by atoms with Gasteiger partial charge in [-0.2, -0.15) is 0 Å². The number of benzene rings is 2. The summed E-state index contributed by atoms with van der Waals surface area (Å²) in [6, 6.07) is 16.4. The van der Waals surface area contributed by atoms with Crippen molar-refractivity contribution in [2.24, 2.45) is 10.7 Å². The third-order valence-electron chi connectivity index (χ3n) is 5.00. The molecule has 3 rings (SSSR count). The Hall–Kier alpha value is -2.00. The number of hydrogen-bond donors (Lipinski definition) is 2. The van der Waals surface area contributed by atoms with Crippen molar-refractivity contribution in [3.05, 3.63) is 54.1 Å². The number of hydrogen-bond acceptors (Lipinski definition) is 4. The van der Waals surface area contributed by atoms with Gasteiger partial charge in [-0.3, -0.25) is 9.89 Å². The highest BCUT2D eigenvalue weighted by molar-refractivity contribution is 14.0. The van der Waals surface area contributed by atoms with E-state index in [1.54, 1.807) is 7.11 Å². The lowest BCUT2D eigenvalue weighted by atomic mass is 10.2. The Bertz CT molecular complexity index is 790. The van der Waals surface area contributed by atoms with Crippen molar-refractivity contribution in [2.75, 3.05) is 56.6 Å². The second-order valence-electron chi connectivity index (χ2n) is 7.15. The monoisotopic (exact) mass is 509 g/mol. The Kier molecular flexibility index (Phi) is 9.53. The number of guanidine groups is 1. The van der Waals surface area contributed by atoms with Crippen LogP contribution in [-0.4, -0.2) is 57.2 Å². The summed E-state index contributed by atoms with van der Waals surface area (Å²) in [6.07, 6.45) is 1.00. The summed E-state index contributed by atoms with van der Waals surface area (Å²) < 4.78 is 5.21. The van der Waals surface area contributed by atoms with Gasteiger partial charge in [-0.05, 0) is 43.2 Å². The van der Waals surface area contributed by atoms with E-state index in [0.29, 0.717) is 5.96 Å². The van der Waals surface area contributed by atoms with Crippen molar-refractivity contribution >= 4 is 41.3 Å². The zero-order valence-electron chi connectivity index (χ0n) is 17.3. The van der Waals surface area contributed by atoms with Crippen LogP contribution in [-0.2, 0) is 0 Å². The summed E-state index contributed by atoms with van der Waals surface area (Å²) in [4.78, 5) is 9.41. The van der Waals surface area contributed by atoms with Gasteiger partial charge in [-0.1, -0.05) is 18.2 Å². The van der Waals surface area contributed by atoms with Crippen molar-refractivity contribution in [3.63, 3.8) is 0 Å². The maximum Gasteiger partial charge on any atom is 0.193 e. The van der Waals surface area contributed by atoms with Gasteiger partial charge in [0, 0.05) is 56.7 Å². The van der Waals surface area contributed by atoms with Gasteiger partial charge in [0.1, 0.15) is 5.75 Å². The predicted molar refractivity (Wildman–Crippen MR) is 133 cm³/mol. The fourth-order valence-corrected chi connectivity index (χ4v) is 3.44. The molecule has 0 atom stereocenters. The van der Waals surface area contributed by atoms with Crippen LogP contribution >= 0.6 is 24.0 Å². The number of methoxy groups -OCH3 is 1. The lowest BCUT2D eigenvalue weighted by Gasteiger charge is -2.36. The first kappa shape index (κ1) is 23.3. The van der Waals surface area contributed by atoms with Gasteiger partial charge in [-0.15, -0.1) is 24.0 Å². The lowest BCUT2D eigenvalue weighted by molar-refractivity contribution is 0.256. The number of anilines is 2. The third kappa shape index (κ3) is 7.40. The SMILES string of the molecule is COc1cccc(NC(N)=NCCCN2CCN(c3cccc(C)c3)CC2)c1.I. The van der Waals surface area contributed by atoms with E-state index in [1.165, 1.54) is 11.3 Å². The summed E-state index contributed by atoms with van der Waals surface area (Å²) in [5.74, 6) is 1.24. The van der Waals surface area contributed by atoms with Crippen LogP contribution in [0.5, 0.6) is 5.75 Å². The zero-order chi connectivity index (χ0) is 19.8. The minimum Gasteiger partial charge on any atom is -0.497 e. The molecule has 29 heavy (non-hydrogen) atoms. The topological polar surface area (TPSA) is 66.1 Å². The molecular formula is C22H32IN5O. The van der Waals surface area contributed by atoms with Gasteiger partial charge < -0.3 is 20.7 Å². The van der Waals surface area contributed by atoms with Crippen LogP contribution in [0.1, 0.15) is 12.0 Å². The first-order chi connectivity index (χ1) is 13.6. The van der Waals surface area contributed by atoms with Crippen LogP contribution in [0.4, 0.5) is 11.4 Å². The molecule has 1 aliphatic rings. The fraction of sp³-hybridized carbons (Fsp3) is 0.409. The molecule has 0 aromatic heterocycles. The normalized spacial score (nSPS) is 15.0. The molecular weight excluding hydrogens is 477 g/mol. The standard InChI is InChI=1S/C22H31N5O.HI/c1-18-6-3-8-20(16-18)27-14-12-26(13-15-27)11-5-10-24-22(23)25-19-7-4-9-21(17-19)28-2;/h3-4,6-9,16-17H,5,10-15H2,1-2H3,(H3,23,24,25);1H. The molecule has 0 saturated carbocycles. The molecule has 0 spiro atoms. The Balaban J connectivity index is 0.00000300. The number of nitrogens with one attached hydrogen (secondary N) is 1. The minimum absolute atomic E-state index is 0. The third-order valence-corrected chi connectivity index (χ3v) is 5.00. The molecule has 7 heteroatoms. The van der Waals surface area contributed by atoms with E-state index < -0.39 is 0 Å². The van der Waals surface area contributed by atoms with Gasteiger partial charge in [0.05, 0.1) is 7.11 Å². The van der Waals surface area contributed by atoms with Gasteiger partial charge >= 0.3 is 0 Å². The first-order valence-corrected chi connectivity index (χ1v) is 9.89. The molecule has 2 aromatic rings. The maximum absolute atomic E-state index is 5.99. The van der Waals surface area contributed by atoms with E-state index in [9.17, 15) is 0 Å². The fourth-order valence-electron chi connectivity index (χ4n) is 3.44. The summed E-state index contributed by atoms with van der Waals surface area (Å²) in [6.45, 7) is 8.26. The molecule has 0 amide bonds. The first-order valence-electron chi connectivity index (χ1n) is 9.89. The van der Waals surface area contributed by atoms with Crippen molar-refractivity contribution in [3.8, 4) is 5.75 Å². The number of nitrogens with zero attached hydrogens (tertiary/aromatic N) is 3. The Morgan fingerprint density at radius 2 is 1.86 bits per heavy atom. The number of rotatable bonds is 7. The average Bonchev–Trinajstić information content (AvgIpc) is 2.72. The minimum atomic E-state index is 0. The number of halogens is 1. The average molecular weight is 509 g/mol. The number of ether oxygens (including phenoxy) is 1. The van der Waals surface area contributed by atoms with E-state index in [4.69, 9.17) is 10.5 Å². The molecule has 3 N–H and O–H groups in total. The second-order valence-corrected chi connectivity index (χ2v) is 7.15. The number of piperazine rings is 1. The van der Waals surface area contributed by atoms with E-state index in [1.807, 2.05) is 24.3 Å². The van der Waals surface area contributed by atoms with E-state index in [-0.39, 0.29) is 24.0 Å². The van der Waals surface area contributed by atoms with Crippen LogP contribution < -0.4 is 20.7 Å². The van der Waals surface area contributed by atoms with Crippen LogP contribution in [0.2, 0.25) is 0 Å². The molecule has 0 radical (unpaired) electrons. The van der Waals surface area contributed by atoms with Crippen molar-refractivity contribution in [1.82, 2.24) is 4.90 Å². The molecule has 0 unspecified atom stereocenters. The van der Waals surface area contributed by atoms with Crippen LogP contribution in [0.15, 0.2) is 53.5 Å². The lowest BCUT2D eigenvalue weighted by Crippen LogP contribution is -2.46. The predicted octanol–water partition coefficient (Wildman–Crippen LogP) is 3.56. The quantitative estimate of drug-likeness (QED) is 0.259. The van der Waals surface area contributed by atoms with Gasteiger partial charge in [0.2, 0.25) is 0 Å². The van der Waals surface area contributed by atoms with Gasteiger partial charge in [0.25, 0.3) is 0 Å². The molecule has 2 aromatic carbocycles. The summed E-state index contributed by atoms with van der Waals surface area (Å²) in [5, 5.41) is 3.11. The molecule has 1 aliphatic heterocycles. The van der Waals surface area contributed by atoms with Crippen molar-refractivity contribution in [1.29, 1.82) is 0 Å². The highest BCUT2D eigenvalue weighted by Gasteiger charge is 2.16. The Morgan fingerprint density at radius 3 is 2.59 bits per heavy atom. The molecule has 158 valence electrons. The molecule has 1 fully saturated rings. The number of aliphatic imine (C=N–C) groups is 1.